The van der Waals surface area contributed by atoms with Gasteiger partial charge >= 0.3 is 25.7 Å². The maximum atomic E-state index is 12.9. The van der Waals surface area contributed by atoms with Gasteiger partial charge in [-0.15, -0.1) is 0 Å². The Bertz CT molecular complexity index is 1430. The number of phosphoric acid groups is 1. The smallest absolute Gasteiger partial charge is 0.462 e. The van der Waals surface area contributed by atoms with Crippen LogP contribution in [0.5, 0.6) is 0 Å². The Kier molecular flexibility index (Phi) is 54.7. The maximum Gasteiger partial charge on any atom is 0.472 e. The first kappa shape index (κ1) is 71.4. The van der Waals surface area contributed by atoms with E-state index in [9.17, 15) is 28.9 Å². The molecule has 432 valence electrons. The molecule has 3 atom stereocenters. The second-order valence-corrected chi connectivity index (χ2v) is 21.9. The van der Waals surface area contributed by atoms with Gasteiger partial charge in [0.1, 0.15) is 12.7 Å². The Morgan fingerprint density at radius 1 is 0.392 bits per heavy atom. The molecule has 2 N–H and O–H groups in total. The lowest BCUT2D eigenvalue weighted by molar-refractivity contribution is -0.161. The number of phosphoric ester groups is 1. The van der Waals surface area contributed by atoms with Crippen LogP contribution in [0.3, 0.4) is 0 Å². The number of allylic oxidation sites excluding steroid dienone is 8. The third-order valence-electron chi connectivity index (χ3n) is 13.2. The van der Waals surface area contributed by atoms with Gasteiger partial charge in [0.05, 0.1) is 19.8 Å². The summed E-state index contributed by atoms with van der Waals surface area (Å²) in [7, 11) is -4.75. The molecule has 0 radical (unpaired) electrons. The Balaban J connectivity index is 4.71. The van der Waals surface area contributed by atoms with Crippen molar-refractivity contribution >= 4 is 25.7 Å². The van der Waals surface area contributed by atoms with Crippen LogP contribution >= 0.6 is 7.82 Å². The average molecular weight is 1070 g/mol. The van der Waals surface area contributed by atoms with Crippen LogP contribution in [0.4, 0.5) is 0 Å². The van der Waals surface area contributed by atoms with Gasteiger partial charge in [-0.1, -0.05) is 243 Å². The molecular weight excluding hydrogens is 952 g/mol. The van der Waals surface area contributed by atoms with Gasteiger partial charge in [0.15, 0.2) is 6.10 Å². The molecule has 0 spiro atoms. The number of carbonyl (C=O) groups is 3. The van der Waals surface area contributed by atoms with E-state index in [1.54, 1.807) is 0 Å². The quantitative estimate of drug-likeness (QED) is 0.0197. The first-order valence-corrected chi connectivity index (χ1v) is 32.0. The molecule has 0 aromatic rings. The van der Waals surface area contributed by atoms with Crippen LogP contribution in [-0.2, 0) is 42.2 Å². The minimum Gasteiger partial charge on any atom is -0.462 e. The lowest BCUT2D eigenvalue weighted by Crippen LogP contribution is -2.30. The third-order valence-corrected chi connectivity index (χ3v) is 14.2. The van der Waals surface area contributed by atoms with Crippen molar-refractivity contribution in [3.05, 3.63) is 48.6 Å². The number of carbonyl (C=O) groups excluding carboxylic acids is 3. The Morgan fingerprint density at radius 2 is 0.703 bits per heavy atom. The summed E-state index contributed by atoms with van der Waals surface area (Å²) in [5, 5.41) is 9.81. The second-order valence-electron chi connectivity index (χ2n) is 20.5. The van der Waals surface area contributed by atoms with Gasteiger partial charge in [0, 0.05) is 19.3 Å². The number of ether oxygens (including phenoxy) is 3. The molecule has 3 unspecified atom stereocenters. The molecular formula is C62H113O11P. The number of aliphatic hydroxyl groups excluding tert-OH is 1. The molecule has 0 aliphatic rings. The summed E-state index contributed by atoms with van der Waals surface area (Å²) in [4.78, 5) is 48.6. The summed E-state index contributed by atoms with van der Waals surface area (Å²) in [6, 6.07) is 0. The van der Waals surface area contributed by atoms with Crippen molar-refractivity contribution in [1.29, 1.82) is 0 Å². The largest absolute Gasteiger partial charge is 0.472 e. The fourth-order valence-electron chi connectivity index (χ4n) is 8.60. The van der Waals surface area contributed by atoms with Gasteiger partial charge in [-0.2, -0.15) is 0 Å². The third kappa shape index (κ3) is 54.2. The number of aliphatic hydroxyl groups is 1. The summed E-state index contributed by atoms with van der Waals surface area (Å²) in [6.07, 6.45) is 60.7. The molecule has 0 saturated heterocycles. The van der Waals surface area contributed by atoms with Gasteiger partial charge in [0.2, 0.25) is 0 Å². The monoisotopic (exact) mass is 1060 g/mol. The molecule has 0 aromatic carbocycles. The molecule has 0 amide bonds. The van der Waals surface area contributed by atoms with Crippen LogP contribution in [-0.4, -0.2) is 66.5 Å². The highest BCUT2D eigenvalue weighted by atomic mass is 31.2. The zero-order valence-electron chi connectivity index (χ0n) is 47.8. The normalized spacial score (nSPS) is 13.6. The van der Waals surface area contributed by atoms with Crippen LogP contribution in [0.2, 0.25) is 0 Å². The minimum atomic E-state index is -4.75. The first-order chi connectivity index (χ1) is 36.2. The van der Waals surface area contributed by atoms with Gasteiger partial charge in [-0.25, -0.2) is 4.57 Å². The Labute approximate surface area is 453 Å². The predicted molar refractivity (Wildman–Crippen MR) is 307 cm³/mol. The van der Waals surface area contributed by atoms with Crippen molar-refractivity contribution < 1.29 is 52.2 Å². The van der Waals surface area contributed by atoms with E-state index in [0.29, 0.717) is 19.3 Å². The van der Waals surface area contributed by atoms with E-state index in [1.165, 1.54) is 148 Å². The van der Waals surface area contributed by atoms with Gasteiger partial charge in [0.25, 0.3) is 0 Å². The molecule has 11 nitrogen and oxygen atoms in total. The molecule has 0 aromatic heterocycles. The second kappa shape index (κ2) is 56.6. The molecule has 0 rings (SSSR count). The first-order valence-electron chi connectivity index (χ1n) is 30.5. The molecule has 0 fully saturated rings. The standard InChI is InChI=1S/C62H113O11P/c1-4-7-10-13-16-19-22-25-27-29-31-34-36-39-42-45-48-51-60(64)69-55-59(73-62(66)53-50-47-44-41-38-35-32-30-28-26-23-20-17-14-11-8-5-2)57-71-74(67,68)70-56-58(54-63)72-61(65)52-49-46-43-40-37-33-24-21-18-15-12-9-6-3/h9,12,18,21,25,27,33,37,58-59,63H,4-8,10-11,13-17,19-20,22-24,26,28-32,34-36,38-57H2,1-3H3,(H,67,68)/b12-9-,21-18-,27-25-,37-33-. The number of rotatable bonds is 57. The van der Waals surface area contributed by atoms with Crippen molar-refractivity contribution in [2.75, 3.05) is 26.4 Å². The van der Waals surface area contributed by atoms with E-state index in [4.69, 9.17) is 23.3 Å². The van der Waals surface area contributed by atoms with E-state index in [2.05, 4.69) is 69.4 Å². The van der Waals surface area contributed by atoms with E-state index in [1.807, 2.05) is 0 Å². The number of unbranched alkanes of at least 4 members (excludes halogenated alkanes) is 32. The Hall–Kier alpha value is -2.56. The van der Waals surface area contributed by atoms with Gasteiger partial charge < -0.3 is 24.2 Å². The summed E-state index contributed by atoms with van der Waals surface area (Å²) in [6.45, 7) is 4.54. The predicted octanol–water partition coefficient (Wildman–Crippen LogP) is 18.1. The average Bonchev–Trinajstić information content (AvgIpc) is 3.39. The lowest BCUT2D eigenvalue weighted by atomic mass is 10.0. The highest BCUT2D eigenvalue weighted by Gasteiger charge is 2.28. The van der Waals surface area contributed by atoms with E-state index >= 15 is 0 Å². The highest BCUT2D eigenvalue weighted by Crippen LogP contribution is 2.43. The zero-order chi connectivity index (χ0) is 54.1. The van der Waals surface area contributed by atoms with E-state index in [-0.39, 0.29) is 25.9 Å². The fourth-order valence-corrected chi connectivity index (χ4v) is 9.39. The van der Waals surface area contributed by atoms with E-state index < -0.39 is 57.8 Å². The Morgan fingerprint density at radius 3 is 1.11 bits per heavy atom. The summed E-state index contributed by atoms with van der Waals surface area (Å²) < 4.78 is 39.6. The number of esters is 3. The maximum absolute atomic E-state index is 12.9. The van der Waals surface area contributed by atoms with Crippen molar-refractivity contribution in [2.45, 2.75) is 303 Å². The molecule has 0 aliphatic heterocycles. The van der Waals surface area contributed by atoms with Crippen LogP contribution in [0, 0.1) is 0 Å². The number of hydrogen-bond donors (Lipinski definition) is 2. The molecule has 74 heavy (non-hydrogen) atoms. The fraction of sp³-hybridized carbons (Fsp3) is 0.823. The molecule has 0 heterocycles. The van der Waals surface area contributed by atoms with Crippen LogP contribution in [0.25, 0.3) is 0 Å². The molecule has 0 saturated carbocycles. The van der Waals surface area contributed by atoms with Crippen molar-refractivity contribution in [3.8, 4) is 0 Å². The van der Waals surface area contributed by atoms with Crippen molar-refractivity contribution in [2.24, 2.45) is 0 Å². The number of hydrogen-bond acceptors (Lipinski definition) is 10. The van der Waals surface area contributed by atoms with Crippen LogP contribution in [0.1, 0.15) is 290 Å². The van der Waals surface area contributed by atoms with E-state index in [0.717, 1.165) is 83.5 Å². The SMILES string of the molecule is CC/C=C\C/C=C\C/C=C\CCCCCC(=O)OC(CO)COP(=O)(O)OCC(COC(=O)CCCCCCCCC/C=C\CCCCCCCC)OC(=O)CCCCCCCCCCCCCCCCCCC. The zero-order valence-corrected chi connectivity index (χ0v) is 48.7. The van der Waals surface area contributed by atoms with Crippen LogP contribution in [0.15, 0.2) is 48.6 Å². The highest BCUT2D eigenvalue weighted by molar-refractivity contribution is 7.47. The van der Waals surface area contributed by atoms with Crippen LogP contribution < -0.4 is 0 Å². The minimum absolute atomic E-state index is 0.143. The summed E-state index contributed by atoms with van der Waals surface area (Å²) in [5.41, 5.74) is 0. The molecule has 0 bridgehead atoms. The van der Waals surface area contributed by atoms with Gasteiger partial charge in [-0.3, -0.25) is 23.4 Å². The molecule has 0 aliphatic carbocycles. The molecule has 12 heteroatoms. The lowest BCUT2D eigenvalue weighted by Gasteiger charge is -2.21. The topological polar surface area (TPSA) is 155 Å². The summed E-state index contributed by atoms with van der Waals surface area (Å²) in [5.74, 6) is -1.48. The van der Waals surface area contributed by atoms with Gasteiger partial charge in [-0.05, 0) is 77.0 Å². The summed E-state index contributed by atoms with van der Waals surface area (Å²) >= 11 is 0. The van der Waals surface area contributed by atoms with Crippen molar-refractivity contribution in [1.82, 2.24) is 0 Å². The van der Waals surface area contributed by atoms with Crippen molar-refractivity contribution in [3.63, 3.8) is 0 Å².